The molecule has 0 unspecified atom stereocenters. The van der Waals surface area contributed by atoms with Gasteiger partial charge >= 0.3 is 0 Å². The number of nitrogens with zero attached hydrogens (tertiary/aromatic N) is 1. The van der Waals surface area contributed by atoms with Crippen LogP contribution in [0.25, 0.3) is 0 Å². The van der Waals surface area contributed by atoms with Gasteiger partial charge in [-0.3, -0.25) is 4.90 Å². The maximum absolute atomic E-state index is 2.68. The molecule has 0 bridgehead atoms. The quantitative estimate of drug-likeness (QED) is 0.559. The summed E-state index contributed by atoms with van der Waals surface area (Å²) in [7, 11) is 0. The predicted octanol–water partition coefficient (Wildman–Crippen LogP) is 2.83. The van der Waals surface area contributed by atoms with E-state index in [1.165, 1.54) is 45.2 Å². The van der Waals surface area contributed by atoms with Gasteiger partial charge in [-0.05, 0) is 18.8 Å². The summed E-state index contributed by atoms with van der Waals surface area (Å²) in [4.78, 5) is 2.68. The molecule has 2 aliphatic rings. The summed E-state index contributed by atoms with van der Waals surface area (Å²) in [5.74, 6) is 0.774. The lowest BCUT2D eigenvalue weighted by Gasteiger charge is -2.36. The third kappa shape index (κ3) is 2.34. The Morgan fingerprint density at radius 3 is 2.62 bits per heavy atom. The van der Waals surface area contributed by atoms with Crippen molar-refractivity contribution in [2.24, 2.45) is 5.92 Å². The molecule has 0 radical (unpaired) electrons. The molecule has 0 aromatic rings. The van der Waals surface area contributed by atoms with Gasteiger partial charge in [-0.15, -0.1) is 0 Å². The van der Waals surface area contributed by atoms with Crippen molar-refractivity contribution in [2.45, 2.75) is 45.1 Å². The molecule has 0 saturated heterocycles. The van der Waals surface area contributed by atoms with Crippen LogP contribution in [0.5, 0.6) is 0 Å². The molecule has 1 atom stereocenters. The summed E-state index contributed by atoms with van der Waals surface area (Å²) in [6.45, 7) is 4.82. The Labute approximate surface area is 81.8 Å². The van der Waals surface area contributed by atoms with Crippen LogP contribution in [0.2, 0.25) is 0 Å². The van der Waals surface area contributed by atoms with E-state index in [0.29, 0.717) is 0 Å². The summed E-state index contributed by atoms with van der Waals surface area (Å²) in [6.07, 6.45) is 12.0. The monoisotopic (exact) mass is 179 g/mol. The Morgan fingerprint density at radius 1 is 1.15 bits per heavy atom. The zero-order valence-corrected chi connectivity index (χ0v) is 8.71. The summed E-state index contributed by atoms with van der Waals surface area (Å²) >= 11 is 0. The second kappa shape index (κ2) is 4.28. The first-order valence-electron chi connectivity index (χ1n) is 5.77. The van der Waals surface area contributed by atoms with Crippen LogP contribution in [-0.2, 0) is 0 Å². The van der Waals surface area contributed by atoms with Gasteiger partial charge in [0.1, 0.15) is 0 Å². The van der Waals surface area contributed by atoms with Crippen LogP contribution in [0.4, 0.5) is 0 Å². The summed E-state index contributed by atoms with van der Waals surface area (Å²) in [5.41, 5.74) is 0. The minimum atomic E-state index is 0.774. The van der Waals surface area contributed by atoms with Crippen molar-refractivity contribution in [1.29, 1.82) is 0 Å². The van der Waals surface area contributed by atoms with Crippen LogP contribution in [0.3, 0.4) is 0 Å². The molecule has 13 heavy (non-hydrogen) atoms. The van der Waals surface area contributed by atoms with Crippen molar-refractivity contribution in [2.75, 3.05) is 13.1 Å². The normalized spacial score (nSPS) is 32.2. The van der Waals surface area contributed by atoms with Crippen molar-refractivity contribution in [3.05, 3.63) is 12.2 Å². The summed E-state index contributed by atoms with van der Waals surface area (Å²) in [6, 6.07) is 0.904. The minimum absolute atomic E-state index is 0.774. The molecule has 1 nitrogen and oxygen atoms in total. The van der Waals surface area contributed by atoms with Crippen molar-refractivity contribution in [3.8, 4) is 0 Å². The van der Waals surface area contributed by atoms with Gasteiger partial charge in [-0.1, -0.05) is 38.3 Å². The maximum Gasteiger partial charge on any atom is 0.0166 e. The molecule has 1 aliphatic heterocycles. The van der Waals surface area contributed by atoms with Crippen LogP contribution in [-0.4, -0.2) is 24.0 Å². The van der Waals surface area contributed by atoms with Gasteiger partial charge in [-0.25, -0.2) is 0 Å². The third-order valence-electron chi connectivity index (χ3n) is 3.42. The molecule has 0 aromatic carbocycles. The summed E-state index contributed by atoms with van der Waals surface area (Å²) in [5, 5.41) is 0. The lowest BCUT2D eigenvalue weighted by Crippen LogP contribution is -2.41. The van der Waals surface area contributed by atoms with Crippen LogP contribution in [0.15, 0.2) is 12.2 Å². The van der Waals surface area contributed by atoms with Gasteiger partial charge in [0.05, 0.1) is 0 Å². The standard InChI is InChI=1S/C12H21N/c1-11-6-5-9-13(10-11)12-7-3-2-4-8-12/h5-6,11-12H,2-4,7-10H2,1H3/t11-/m0/s1. The fourth-order valence-corrected chi connectivity index (χ4v) is 2.68. The lowest BCUT2D eigenvalue weighted by molar-refractivity contribution is 0.153. The van der Waals surface area contributed by atoms with Gasteiger partial charge in [0.2, 0.25) is 0 Å². The highest BCUT2D eigenvalue weighted by molar-refractivity contribution is 4.97. The van der Waals surface area contributed by atoms with E-state index in [1.54, 1.807) is 0 Å². The topological polar surface area (TPSA) is 3.24 Å². The maximum atomic E-state index is 2.68. The first kappa shape index (κ1) is 9.26. The third-order valence-corrected chi connectivity index (χ3v) is 3.42. The van der Waals surface area contributed by atoms with E-state index in [9.17, 15) is 0 Å². The largest absolute Gasteiger partial charge is 0.296 e. The Bertz CT molecular complexity index is 180. The molecular formula is C12H21N. The van der Waals surface area contributed by atoms with Gasteiger partial charge < -0.3 is 0 Å². The SMILES string of the molecule is C[C@H]1C=CCN(C2CCCCC2)C1. The smallest absolute Gasteiger partial charge is 0.0166 e. The molecule has 74 valence electrons. The highest BCUT2D eigenvalue weighted by Crippen LogP contribution is 2.24. The fourth-order valence-electron chi connectivity index (χ4n) is 2.68. The van der Waals surface area contributed by atoms with Gasteiger partial charge in [-0.2, -0.15) is 0 Å². The molecule has 1 heterocycles. The second-order valence-electron chi connectivity index (χ2n) is 4.65. The molecule has 1 aliphatic carbocycles. The Morgan fingerprint density at radius 2 is 1.92 bits per heavy atom. The highest BCUT2D eigenvalue weighted by Gasteiger charge is 2.22. The van der Waals surface area contributed by atoms with E-state index >= 15 is 0 Å². The van der Waals surface area contributed by atoms with E-state index in [0.717, 1.165) is 12.0 Å². The molecule has 0 N–H and O–H groups in total. The van der Waals surface area contributed by atoms with E-state index in [2.05, 4.69) is 24.0 Å². The second-order valence-corrected chi connectivity index (χ2v) is 4.65. The van der Waals surface area contributed by atoms with Crippen molar-refractivity contribution < 1.29 is 0 Å². The van der Waals surface area contributed by atoms with Gasteiger partial charge in [0.15, 0.2) is 0 Å². The molecular weight excluding hydrogens is 158 g/mol. The molecule has 0 spiro atoms. The average Bonchev–Trinajstić information content (AvgIpc) is 2.19. The van der Waals surface area contributed by atoms with Crippen LogP contribution >= 0.6 is 0 Å². The first-order valence-corrected chi connectivity index (χ1v) is 5.77. The lowest BCUT2D eigenvalue weighted by atomic mass is 9.92. The molecule has 1 heteroatoms. The first-order chi connectivity index (χ1) is 6.36. The van der Waals surface area contributed by atoms with E-state index < -0.39 is 0 Å². The Balaban J connectivity index is 1.88. The molecule has 0 amide bonds. The van der Waals surface area contributed by atoms with E-state index in [1.807, 2.05) is 0 Å². The zero-order valence-electron chi connectivity index (χ0n) is 8.71. The average molecular weight is 179 g/mol. The highest BCUT2D eigenvalue weighted by atomic mass is 15.2. The molecule has 1 fully saturated rings. The van der Waals surface area contributed by atoms with E-state index in [-0.39, 0.29) is 0 Å². The van der Waals surface area contributed by atoms with Crippen LogP contribution in [0, 0.1) is 5.92 Å². The molecule has 0 aromatic heterocycles. The Hall–Kier alpha value is -0.300. The number of rotatable bonds is 1. The van der Waals surface area contributed by atoms with Crippen molar-refractivity contribution >= 4 is 0 Å². The van der Waals surface area contributed by atoms with Crippen molar-refractivity contribution in [3.63, 3.8) is 0 Å². The van der Waals surface area contributed by atoms with E-state index in [4.69, 9.17) is 0 Å². The van der Waals surface area contributed by atoms with Crippen LogP contribution < -0.4 is 0 Å². The van der Waals surface area contributed by atoms with Gasteiger partial charge in [0.25, 0.3) is 0 Å². The number of hydrogen-bond acceptors (Lipinski definition) is 1. The van der Waals surface area contributed by atoms with Gasteiger partial charge in [0, 0.05) is 19.1 Å². The van der Waals surface area contributed by atoms with Crippen LogP contribution in [0.1, 0.15) is 39.0 Å². The minimum Gasteiger partial charge on any atom is -0.296 e. The predicted molar refractivity (Wildman–Crippen MR) is 56.8 cm³/mol. The Kier molecular flexibility index (Phi) is 3.05. The van der Waals surface area contributed by atoms with Crippen molar-refractivity contribution in [1.82, 2.24) is 4.90 Å². The molecule has 2 rings (SSSR count). The molecule has 1 saturated carbocycles. The summed E-state index contributed by atoms with van der Waals surface area (Å²) < 4.78 is 0. The number of hydrogen-bond donors (Lipinski definition) is 0. The zero-order chi connectivity index (χ0) is 9.10. The fraction of sp³-hybridized carbons (Fsp3) is 0.833.